The number of carbonyl (C=O) groups is 1. The van der Waals surface area contributed by atoms with Crippen LogP contribution in [0.15, 0.2) is 91.8 Å². The number of carboxylic acids is 1. The number of aromatic carboxylic acids is 1. The minimum absolute atomic E-state index is 0.228. The number of benzene rings is 2. The summed E-state index contributed by atoms with van der Waals surface area (Å²) in [7, 11) is 0. The molecule has 13 heteroatoms. The Morgan fingerprint density at radius 1 is 0.977 bits per heavy atom. The van der Waals surface area contributed by atoms with Crippen LogP contribution < -0.4 is 10.00 Å². The van der Waals surface area contributed by atoms with Crippen molar-refractivity contribution in [2.75, 3.05) is 13.1 Å². The smallest absolute Gasteiger partial charge is 0.335 e. The van der Waals surface area contributed by atoms with Crippen LogP contribution in [0.5, 0.6) is 0 Å². The minimum Gasteiger partial charge on any atom is -0.478 e. The zero-order valence-electron chi connectivity index (χ0n) is 23.5. The lowest BCUT2D eigenvalue weighted by atomic mass is 10.0. The summed E-state index contributed by atoms with van der Waals surface area (Å²) in [5, 5.41) is 34.1. The van der Waals surface area contributed by atoms with Crippen LogP contribution in [0.3, 0.4) is 0 Å². The predicted molar refractivity (Wildman–Crippen MR) is 161 cm³/mol. The summed E-state index contributed by atoms with van der Waals surface area (Å²) in [6, 6.07) is 16.2. The summed E-state index contributed by atoms with van der Waals surface area (Å²) in [5.74, 6) is -0.966. The first-order valence-corrected chi connectivity index (χ1v) is 14.6. The molecular formula is C31H28ClN10O2+. The van der Waals surface area contributed by atoms with Gasteiger partial charge in [0, 0.05) is 39.2 Å². The molecule has 220 valence electrons. The lowest BCUT2D eigenvalue weighted by Gasteiger charge is -2.22. The molecule has 1 aliphatic heterocycles. The number of H-pyrrole nitrogens is 1. The maximum atomic E-state index is 11.3. The molecule has 6 aromatic rings. The van der Waals surface area contributed by atoms with E-state index in [1.165, 1.54) is 0 Å². The number of hydrogen-bond donors (Lipinski definition) is 3. The lowest BCUT2D eigenvalue weighted by Crippen LogP contribution is -2.32. The van der Waals surface area contributed by atoms with Gasteiger partial charge in [0.05, 0.1) is 29.7 Å². The molecular weight excluding hydrogens is 580 g/mol. The van der Waals surface area contributed by atoms with E-state index in [0.717, 1.165) is 65.3 Å². The van der Waals surface area contributed by atoms with Crippen LogP contribution in [0, 0.1) is 0 Å². The molecule has 0 bridgehead atoms. The summed E-state index contributed by atoms with van der Waals surface area (Å²) >= 11 is 6.40. The minimum atomic E-state index is -0.966. The molecule has 7 rings (SSSR count). The summed E-state index contributed by atoms with van der Waals surface area (Å²) in [5.41, 5.74) is 6.03. The Morgan fingerprint density at radius 2 is 1.80 bits per heavy atom. The highest BCUT2D eigenvalue weighted by molar-refractivity contribution is 6.31. The van der Waals surface area contributed by atoms with Crippen molar-refractivity contribution in [1.82, 2.24) is 45.4 Å². The Bertz CT molecular complexity index is 1890. The van der Waals surface area contributed by atoms with E-state index in [1.807, 2.05) is 69.2 Å². The molecule has 1 saturated heterocycles. The molecule has 12 nitrogen and oxygen atoms in total. The van der Waals surface area contributed by atoms with E-state index < -0.39 is 12.0 Å². The molecule has 2 aromatic carbocycles. The average Bonchev–Trinajstić information content (AvgIpc) is 3.86. The molecule has 1 unspecified atom stereocenters. The van der Waals surface area contributed by atoms with Gasteiger partial charge >= 0.3 is 5.97 Å². The zero-order valence-corrected chi connectivity index (χ0v) is 24.2. The van der Waals surface area contributed by atoms with Gasteiger partial charge in [-0.05, 0) is 67.9 Å². The number of rotatable bonds is 8. The van der Waals surface area contributed by atoms with Gasteiger partial charge in [0.1, 0.15) is 11.7 Å². The van der Waals surface area contributed by atoms with Gasteiger partial charge in [-0.15, -0.1) is 9.78 Å². The Morgan fingerprint density at radius 3 is 2.52 bits per heavy atom. The monoisotopic (exact) mass is 607 g/mol. The van der Waals surface area contributed by atoms with Gasteiger partial charge in [-0.1, -0.05) is 40.2 Å². The number of nitrogens with one attached hydrogen (secondary N) is 2. The summed E-state index contributed by atoms with van der Waals surface area (Å²) in [6.45, 7) is 1.88. The Balaban J connectivity index is 1.26. The fourth-order valence-electron chi connectivity index (χ4n) is 5.56. The molecule has 4 aromatic heterocycles. The van der Waals surface area contributed by atoms with Crippen molar-refractivity contribution in [2.45, 2.75) is 24.9 Å². The fraction of sp³-hybridized carbons (Fsp3) is 0.194. The summed E-state index contributed by atoms with van der Waals surface area (Å²) in [4.78, 5) is 16.2. The first-order valence-electron chi connectivity index (χ1n) is 14.2. The molecule has 0 aliphatic carbocycles. The molecule has 1 fully saturated rings. The standard InChI is InChI=1S/C31H27ClN10O2/c32-24-6-8-29(40-14-13-35-38-40)26(15-24)22-5-7-27(34-16-22)30(28-19-41(39-37-28)25-9-11-33-12-10-25)42-18-23(17-36-42)20-1-3-21(4-2-20)31(43)44/h1-8,13-19,25,30,33H,9-12H2,(H,43,44)/p+1. The van der Waals surface area contributed by atoms with Crippen molar-refractivity contribution in [2.24, 2.45) is 0 Å². The molecule has 44 heavy (non-hydrogen) atoms. The van der Waals surface area contributed by atoms with Gasteiger partial charge in [-0.25, -0.2) is 9.48 Å². The van der Waals surface area contributed by atoms with Gasteiger partial charge < -0.3 is 10.4 Å². The number of nitrogens with zero attached hydrogens (tertiary/aromatic N) is 8. The van der Waals surface area contributed by atoms with Crippen LogP contribution in [0.25, 0.3) is 27.9 Å². The van der Waals surface area contributed by atoms with Crippen molar-refractivity contribution < 1.29 is 14.6 Å². The molecule has 0 radical (unpaired) electrons. The van der Waals surface area contributed by atoms with E-state index in [2.05, 4.69) is 25.9 Å². The second-order valence-electron chi connectivity index (χ2n) is 10.6. The van der Waals surface area contributed by atoms with Gasteiger partial charge in [-0.2, -0.15) is 5.10 Å². The number of piperidine rings is 1. The molecule has 1 atom stereocenters. The highest BCUT2D eigenvalue weighted by atomic mass is 35.5. The van der Waals surface area contributed by atoms with Gasteiger partial charge in [0.2, 0.25) is 6.20 Å². The van der Waals surface area contributed by atoms with Crippen LogP contribution >= 0.6 is 11.6 Å². The Kier molecular flexibility index (Phi) is 7.42. The average molecular weight is 608 g/mol. The first kappa shape index (κ1) is 27.6. The van der Waals surface area contributed by atoms with Crippen LogP contribution in [0.2, 0.25) is 5.02 Å². The van der Waals surface area contributed by atoms with E-state index in [1.54, 1.807) is 36.7 Å². The molecule has 1 aliphatic rings. The normalized spacial score (nSPS) is 14.5. The van der Waals surface area contributed by atoms with Crippen molar-refractivity contribution in [1.29, 1.82) is 0 Å². The third-order valence-electron chi connectivity index (χ3n) is 7.87. The van der Waals surface area contributed by atoms with E-state index in [0.29, 0.717) is 5.02 Å². The second-order valence-corrected chi connectivity index (χ2v) is 11.1. The fourth-order valence-corrected chi connectivity index (χ4v) is 5.73. The second kappa shape index (κ2) is 11.8. The largest absolute Gasteiger partial charge is 0.478 e. The molecule has 0 amide bonds. The van der Waals surface area contributed by atoms with Crippen LogP contribution in [0.1, 0.15) is 46.7 Å². The summed E-state index contributed by atoms with van der Waals surface area (Å²) < 4.78 is 5.59. The van der Waals surface area contributed by atoms with Crippen LogP contribution in [-0.2, 0) is 0 Å². The lowest BCUT2D eigenvalue weighted by molar-refractivity contribution is -0.658. The van der Waals surface area contributed by atoms with Gasteiger partial charge in [0.15, 0.2) is 11.9 Å². The van der Waals surface area contributed by atoms with Crippen LogP contribution in [0.4, 0.5) is 0 Å². The third kappa shape index (κ3) is 5.48. The number of carboxylic acid groups (broad SMARTS) is 1. The first-order chi connectivity index (χ1) is 21.5. The highest BCUT2D eigenvalue weighted by Crippen LogP contribution is 2.31. The number of aromatic nitrogens is 9. The maximum Gasteiger partial charge on any atom is 0.335 e. The third-order valence-corrected chi connectivity index (χ3v) is 8.11. The molecule has 0 spiro atoms. The van der Waals surface area contributed by atoms with E-state index in [4.69, 9.17) is 21.7 Å². The highest BCUT2D eigenvalue weighted by Gasteiger charge is 2.25. The number of halogens is 1. The number of hydrogen-bond acceptors (Lipinski definition) is 7. The van der Waals surface area contributed by atoms with E-state index in [9.17, 15) is 9.90 Å². The Hall–Kier alpha value is -5.20. The summed E-state index contributed by atoms with van der Waals surface area (Å²) in [6.07, 6.45) is 13.0. The van der Waals surface area contributed by atoms with Crippen molar-refractivity contribution in [3.05, 3.63) is 114 Å². The van der Waals surface area contributed by atoms with E-state index >= 15 is 0 Å². The number of aromatic amines is 1. The molecule has 0 saturated carbocycles. The topological polar surface area (TPSA) is 143 Å². The SMILES string of the molecule is O=C(O)c1ccc(-c2cnn(C(c3ccc(-c4cc(Cl)ccc4-[n+]4ccn[nH]4)cn3)c3cn(C4CCNCC4)nn3)c2)cc1. The number of pyridine rings is 1. The van der Waals surface area contributed by atoms with Gasteiger partial charge in [-0.3, -0.25) is 9.67 Å². The predicted octanol–water partition coefficient (Wildman–Crippen LogP) is 4.12. The maximum absolute atomic E-state index is 11.3. The van der Waals surface area contributed by atoms with Crippen molar-refractivity contribution >= 4 is 17.6 Å². The van der Waals surface area contributed by atoms with Crippen molar-refractivity contribution in [3.8, 4) is 27.9 Å². The van der Waals surface area contributed by atoms with Gasteiger partial charge in [0.25, 0.3) is 0 Å². The van der Waals surface area contributed by atoms with Crippen molar-refractivity contribution in [3.63, 3.8) is 0 Å². The Labute approximate surface area is 256 Å². The quantitative estimate of drug-likeness (QED) is 0.219. The molecule has 3 N–H and O–H groups in total. The molecule has 5 heterocycles. The van der Waals surface area contributed by atoms with Crippen LogP contribution in [-0.4, -0.2) is 64.2 Å². The van der Waals surface area contributed by atoms with E-state index in [-0.39, 0.29) is 11.6 Å². The zero-order chi connectivity index (χ0) is 30.0.